The number of hydrogen-bond acceptors (Lipinski definition) is 4. The molecule has 0 fully saturated rings. The second-order valence-electron chi connectivity index (χ2n) is 4.48. The third-order valence-corrected chi connectivity index (χ3v) is 4.02. The van der Waals surface area contributed by atoms with E-state index in [9.17, 15) is 0 Å². The zero-order valence-corrected chi connectivity index (χ0v) is 13.8. The number of rotatable bonds is 8. The summed E-state index contributed by atoms with van der Waals surface area (Å²) in [6.07, 6.45) is 1.92. The molecule has 2 N–H and O–H groups in total. The van der Waals surface area contributed by atoms with E-state index in [1.807, 2.05) is 6.92 Å². The zero-order chi connectivity index (χ0) is 14.8. The molecule has 1 heterocycles. The van der Waals surface area contributed by atoms with Crippen LogP contribution in [0.2, 0.25) is 0 Å². The van der Waals surface area contributed by atoms with Gasteiger partial charge in [-0.25, -0.2) is 4.98 Å². The summed E-state index contributed by atoms with van der Waals surface area (Å²) in [5, 5.41) is 7.76. The second kappa shape index (κ2) is 9.72. The quantitative estimate of drug-likeness (QED) is 0.437. The highest BCUT2D eigenvalue weighted by atomic mass is 32.1. The average Bonchev–Trinajstić information content (AvgIpc) is 2.75. The maximum absolute atomic E-state index is 5.29. The summed E-state index contributed by atoms with van der Waals surface area (Å²) in [4.78, 5) is 10.0. The number of thiazole rings is 1. The van der Waals surface area contributed by atoms with Gasteiger partial charge in [0.1, 0.15) is 0 Å². The largest absolute Gasteiger partial charge is 0.382 e. The molecule has 0 aliphatic carbocycles. The van der Waals surface area contributed by atoms with Crippen molar-refractivity contribution in [3.8, 4) is 0 Å². The summed E-state index contributed by atoms with van der Waals surface area (Å²) in [7, 11) is 1.79. The molecular formula is C14H26N4OS. The first kappa shape index (κ1) is 16.9. The first-order chi connectivity index (χ1) is 9.67. The van der Waals surface area contributed by atoms with Gasteiger partial charge >= 0.3 is 0 Å². The number of aromatic nitrogens is 1. The second-order valence-corrected chi connectivity index (χ2v) is 5.76. The average molecular weight is 298 g/mol. The molecule has 0 atom stereocenters. The van der Waals surface area contributed by atoms with Crippen LogP contribution in [0.1, 0.15) is 28.9 Å². The molecule has 1 rings (SSSR count). The fraction of sp³-hybridized carbons (Fsp3) is 0.714. The van der Waals surface area contributed by atoms with Gasteiger partial charge in [0.15, 0.2) is 5.96 Å². The molecule has 0 spiro atoms. The van der Waals surface area contributed by atoms with Crippen molar-refractivity contribution in [2.75, 3.05) is 33.4 Å². The van der Waals surface area contributed by atoms with Crippen LogP contribution in [0.25, 0.3) is 0 Å². The number of ether oxygens (including phenoxy) is 1. The molecule has 114 valence electrons. The zero-order valence-electron chi connectivity index (χ0n) is 13.0. The van der Waals surface area contributed by atoms with E-state index in [0.717, 1.165) is 50.8 Å². The molecule has 0 saturated carbocycles. The van der Waals surface area contributed by atoms with Gasteiger partial charge < -0.3 is 15.4 Å². The minimum absolute atomic E-state index is 0.777. The van der Waals surface area contributed by atoms with Crippen molar-refractivity contribution in [1.82, 2.24) is 15.6 Å². The van der Waals surface area contributed by atoms with E-state index in [2.05, 4.69) is 34.5 Å². The van der Waals surface area contributed by atoms with E-state index in [4.69, 9.17) is 4.74 Å². The molecule has 0 saturated heterocycles. The molecule has 0 aliphatic rings. The standard InChI is InChI=1S/C14H26N4OS/c1-5-19-10-6-8-16-14(15-4)17-9-7-13-18-11(2)12(3)20-13/h5-10H2,1-4H3,(H2,15,16,17). The SMILES string of the molecule is CCOCCCNC(=NC)NCCc1nc(C)c(C)s1. The fourth-order valence-electron chi connectivity index (χ4n) is 1.68. The van der Waals surface area contributed by atoms with E-state index < -0.39 is 0 Å². The summed E-state index contributed by atoms with van der Waals surface area (Å²) >= 11 is 1.77. The van der Waals surface area contributed by atoms with Crippen LogP contribution in [0.4, 0.5) is 0 Å². The van der Waals surface area contributed by atoms with Gasteiger partial charge in [0.25, 0.3) is 0 Å². The Bertz CT molecular complexity index is 398. The Kier molecular flexibility index (Phi) is 8.22. The molecule has 0 aromatic carbocycles. The highest BCUT2D eigenvalue weighted by molar-refractivity contribution is 7.11. The highest BCUT2D eigenvalue weighted by Crippen LogP contribution is 2.16. The molecule has 0 bridgehead atoms. The van der Waals surface area contributed by atoms with Crippen molar-refractivity contribution in [2.24, 2.45) is 4.99 Å². The monoisotopic (exact) mass is 298 g/mol. The van der Waals surface area contributed by atoms with Crippen LogP contribution in [0.3, 0.4) is 0 Å². The number of aryl methyl sites for hydroxylation is 2. The van der Waals surface area contributed by atoms with Crippen LogP contribution in [-0.4, -0.2) is 44.3 Å². The fourth-order valence-corrected chi connectivity index (χ4v) is 2.61. The topological polar surface area (TPSA) is 58.5 Å². The Labute approximate surface area is 125 Å². The van der Waals surface area contributed by atoms with Crippen LogP contribution in [0.15, 0.2) is 4.99 Å². The molecule has 1 aromatic heterocycles. The molecule has 6 heteroatoms. The lowest BCUT2D eigenvalue weighted by Crippen LogP contribution is -2.39. The predicted octanol–water partition coefficient (Wildman–Crippen LogP) is 1.89. The van der Waals surface area contributed by atoms with Crippen molar-refractivity contribution < 1.29 is 4.74 Å². The molecule has 1 aromatic rings. The van der Waals surface area contributed by atoms with Gasteiger partial charge in [-0.2, -0.15) is 0 Å². The molecule has 0 aliphatic heterocycles. The Morgan fingerprint density at radius 2 is 2.05 bits per heavy atom. The van der Waals surface area contributed by atoms with Gasteiger partial charge in [-0.1, -0.05) is 0 Å². The van der Waals surface area contributed by atoms with Crippen LogP contribution in [0, 0.1) is 13.8 Å². The number of aliphatic imine (C=N–C) groups is 1. The number of nitrogens with one attached hydrogen (secondary N) is 2. The number of nitrogens with zero attached hydrogens (tertiary/aromatic N) is 2. The minimum Gasteiger partial charge on any atom is -0.382 e. The first-order valence-corrected chi connectivity index (χ1v) is 7.94. The van der Waals surface area contributed by atoms with Crippen molar-refractivity contribution >= 4 is 17.3 Å². The molecule has 5 nitrogen and oxygen atoms in total. The Balaban J connectivity index is 2.18. The van der Waals surface area contributed by atoms with Gasteiger partial charge in [-0.3, -0.25) is 4.99 Å². The summed E-state index contributed by atoms with van der Waals surface area (Å²) in [6.45, 7) is 9.46. The van der Waals surface area contributed by atoms with E-state index in [1.54, 1.807) is 18.4 Å². The van der Waals surface area contributed by atoms with Crippen LogP contribution >= 0.6 is 11.3 Å². The van der Waals surface area contributed by atoms with Gasteiger partial charge in [-0.05, 0) is 27.2 Å². The Morgan fingerprint density at radius 3 is 2.65 bits per heavy atom. The summed E-state index contributed by atoms with van der Waals surface area (Å²) in [5.74, 6) is 0.839. The van der Waals surface area contributed by atoms with Gasteiger partial charge in [0.2, 0.25) is 0 Å². The van der Waals surface area contributed by atoms with Crippen molar-refractivity contribution in [1.29, 1.82) is 0 Å². The third kappa shape index (κ3) is 6.34. The maximum atomic E-state index is 5.29. The predicted molar refractivity (Wildman–Crippen MR) is 85.8 cm³/mol. The van der Waals surface area contributed by atoms with E-state index in [-0.39, 0.29) is 0 Å². The number of hydrogen-bond donors (Lipinski definition) is 2. The maximum Gasteiger partial charge on any atom is 0.190 e. The summed E-state index contributed by atoms with van der Waals surface area (Å²) in [6, 6.07) is 0. The molecule has 0 unspecified atom stereocenters. The van der Waals surface area contributed by atoms with E-state index in [1.165, 1.54) is 9.88 Å². The summed E-state index contributed by atoms with van der Waals surface area (Å²) in [5.41, 5.74) is 1.14. The lowest BCUT2D eigenvalue weighted by Gasteiger charge is -2.11. The Morgan fingerprint density at radius 1 is 1.30 bits per heavy atom. The van der Waals surface area contributed by atoms with E-state index >= 15 is 0 Å². The smallest absolute Gasteiger partial charge is 0.190 e. The van der Waals surface area contributed by atoms with Crippen molar-refractivity contribution in [3.05, 3.63) is 15.6 Å². The molecule has 0 radical (unpaired) electrons. The highest BCUT2D eigenvalue weighted by Gasteiger charge is 2.03. The van der Waals surface area contributed by atoms with Crippen molar-refractivity contribution in [2.45, 2.75) is 33.6 Å². The van der Waals surface area contributed by atoms with Crippen LogP contribution < -0.4 is 10.6 Å². The summed E-state index contributed by atoms with van der Waals surface area (Å²) < 4.78 is 5.29. The molecular weight excluding hydrogens is 272 g/mol. The van der Waals surface area contributed by atoms with Gasteiger partial charge in [-0.15, -0.1) is 11.3 Å². The molecule has 0 amide bonds. The van der Waals surface area contributed by atoms with Crippen molar-refractivity contribution in [3.63, 3.8) is 0 Å². The third-order valence-electron chi connectivity index (χ3n) is 2.89. The normalized spacial score (nSPS) is 11.7. The minimum atomic E-state index is 0.777. The van der Waals surface area contributed by atoms with E-state index in [0.29, 0.717) is 0 Å². The van der Waals surface area contributed by atoms with Gasteiger partial charge in [0.05, 0.1) is 10.7 Å². The van der Waals surface area contributed by atoms with Gasteiger partial charge in [0, 0.05) is 44.6 Å². The Hall–Kier alpha value is -1.14. The first-order valence-electron chi connectivity index (χ1n) is 7.12. The lowest BCUT2D eigenvalue weighted by molar-refractivity contribution is 0.145. The molecule has 20 heavy (non-hydrogen) atoms. The number of guanidine groups is 1. The lowest BCUT2D eigenvalue weighted by atomic mass is 10.4. The van der Waals surface area contributed by atoms with Crippen LogP contribution in [-0.2, 0) is 11.2 Å². The van der Waals surface area contributed by atoms with Crippen LogP contribution in [0.5, 0.6) is 0 Å².